The van der Waals surface area contributed by atoms with Crippen LogP contribution in [0.2, 0.25) is 0 Å². The second kappa shape index (κ2) is 5.78. The summed E-state index contributed by atoms with van der Waals surface area (Å²) in [4.78, 5) is 20.1. The van der Waals surface area contributed by atoms with E-state index in [9.17, 15) is 4.79 Å². The van der Waals surface area contributed by atoms with Crippen molar-refractivity contribution in [1.29, 1.82) is 0 Å². The van der Waals surface area contributed by atoms with Gasteiger partial charge in [0.2, 0.25) is 0 Å². The summed E-state index contributed by atoms with van der Waals surface area (Å²) >= 11 is 0. The van der Waals surface area contributed by atoms with E-state index < -0.39 is 0 Å². The Morgan fingerprint density at radius 1 is 1.32 bits per heavy atom. The number of aromatic nitrogens is 2. The lowest BCUT2D eigenvalue weighted by molar-refractivity contribution is 0.0520. The Hall–Kier alpha value is -1.97. The number of carbonyl (C=O) groups is 1. The lowest BCUT2D eigenvalue weighted by atomic mass is 10.00. The lowest BCUT2D eigenvalue weighted by Crippen LogP contribution is -2.07. The van der Waals surface area contributed by atoms with Gasteiger partial charge in [0, 0.05) is 24.0 Å². The SMILES string of the molecule is CCOC(=O)c1cc2c(CC(C)C)cncc2cn1. The molecule has 100 valence electrons. The molecule has 0 bridgehead atoms. The number of fused-ring (bicyclic) bond motifs is 1. The highest BCUT2D eigenvalue weighted by molar-refractivity contribution is 5.93. The third kappa shape index (κ3) is 3.08. The van der Waals surface area contributed by atoms with E-state index in [4.69, 9.17) is 4.74 Å². The molecule has 4 heteroatoms. The fourth-order valence-corrected chi connectivity index (χ4v) is 2.04. The Morgan fingerprint density at radius 2 is 2.11 bits per heavy atom. The number of ether oxygens (including phenoxy) is 1. The average molecular weight is 258 g/mol. The zero-order valence-corrected chi connectivity index (χ0v) is 11.5. The van der Waals surface area contributed by atoms with Gasteiger partial charge in [0.05, 0.1) is 6.61 Å². The van der Waals surface area contributed by atoms with Gasteiger partial charge in [-0.2, -0.15) is 0 Å². The highest BCUT2D eigenvalue weighted by Gasteiger charge is 2.11. The van der Waals surface area contributed by atoms with Crippen LogP contribution in [0.3, 0.4) is 0 Å². The second-order valence-electron chi connectivity index (χ2n) is 4.91. The first-order valence-electron chi connectivity index (χ1n) is 6.51. The maximum absolute atomic E-state index is 11.7. The predicted molar refractivity (Wildman–Crippen MR) is 74.0 cm³/mol. The Labute approximate surface area is 112 Å². The fraction of sp³-hybridized carbons (Fsp3) is 0.400. The molecule has 0 aliphatic heterocycles. The van der Waals surface area contributed by atoms with E-state index in [2.05, 4.69) is 23.8 Å². The van der Waals surface area contributed by atoms with Crippen molar-refractivity contribution in [2.24, 2.45) is 5.92 Å². The molecule has 19 heavy (non-hydrogen) atoms. The molecular formula is C15H18N2O2. The molecule has 0 N–H and O–H groups in total. The summed E-state index contributed by atoms with van der Waals surface area (Å²) in [5.74, 6) is 0.156. The van der Waals surface area contributed by atoms with Crippen LogP contribution in [-0.4, -0.2) is 22.5 Å². The molecule has 0 saturated heterocycles. The molecule has 0 aliphatic carbocycles. The summed E-state index contributed by atoms with van der Waals surface area (Å²) in [6, 6.07) is 1.80. The summed E-state index contributed by atoms with van der Waals surface area (Å²) in [5.41, 5.74) is 1.49. The molecule has 0 fully saturated rings. The van der Waals surface area contributed by atoms with Crippen LogP contribution < -0.4 is 0 Å². The molecule has 0 radical (unpaired) electrons. The van der Waals surface area contributed by atoms with Crippen molar-refractivity contribution >= 4 is 16.7 Å². The number of rotatable bonds is 4. The minimum Gasteiger partial charge on any atom is -0.461 e. The van der Waals surface area contributed by atoms with Crippen molar-refractivity contribution in [3.05, 3.63) is 35.9 Å². The Morgan fingerprint density at radius 3 is 2.79 bits per heavy atom. The highest BCUT2D eigenvalue weighted by Crippen LogP contribution is 2.20. The Balaban J connectivity index is 2.47. The molecule has 0 saturated carbocycles. The van der Waals surface area contributed by atoms with E-state index in [0.29, 0.717) is 18.2 Å². The van der Waals surface area contributed by atoms with Crippen LogP contribution in [0.15, 0.2) is 24.7 Å². The molecule has 0 amide bonds. The van der Waals surface area contributed by atoms with E-state index >= 15 is 0 Å². The first kappa shape index (κ1) is 13.5. The number of hydrogen-bond donors (Lipinski definition) is 0. The minimum atomic E-state index is -0.378. The van der Waals surface area contributed by atoms with E-state index in [-0.39, 0.29) is 5.97 Å². The average Bonchev–Trinajstić information content (AvgIpc) is 2.38. The third-order valence-corrected chi connectivity index (χ3v) is 2.84. The topological polar surface area (TPSA) is 52.1 Å². The van der Waals surface area contributed by atoms with Gasteiger partial charge in [-0.3, -0.25) is 4.98 Å². The van der Waals surface area contributed by atoms with Crippen molar-refractivity contribution in [2.45, 2.75) is 27.2 Å². The molecule has 0 unspecified atom stereocenters. The van der Waals surface area contributed by atoms with Gasteiger partial charge in [0.15, 0.2) is 0 Å². The highest BCUT2D eigenvalue weighted by atomic mass is 16.5. The Kier molecular flexibility index (Phi) is 4.10. The summed E-state index contributed by atoms with van der Waals surface area (Å²) < 4.78 is 4.98. The lowest BCUT2D eigenvalue weighted by Gasteiger charge is -2.09. The molecule has 0 aromatic carbocycles. The standard InChI is InChI=1S/C15H18N2O2/c1-4-19-15(18)14-6-13-11(5-10(2)3)7-16-8-12(13)9-17-14/h6-10H,4-5H2,1-3H3. The van der Waals surface area contributed by atoms with Crippen molar-refractivity contribution in [2.75, 3.05) is 6.61 Å². The van der Waals surface area contributed by atoms with E-state index in [1.807, 2.05) is 6.20 Å². The van der Waals surface area contributed by atoms with Crippen LogP contribution >= 0.6 is 0 Å². The summed E-state index contributed by atoms with van der Waals surface area (Å²) in [5, 5.41) is 1.98. The van der Waals surface area contributed by atoms with Gasteiger partial charge in [-0.05, 0) is 36.3 Å². The van der Waals surface area contributed by atoms with Crippen LogP contribution in [-0.2, 0) is 11.2 Å². The number of pyridine rings is 2. The number of esters is 1. The van der Waals surface area contributed by atoms with E-state index in [1.165, 1.54) is 0 Å². The maximum Gasteiger partial charge on any atom is 0.356 e. The van der Waals surface area contributed by atoms with Gasteiger partial charge in [0.25, 0.3) is 0 Å². The van der Waals surface area contributed by atoms with E-state index in [0.717, 1.165) is 22.8 Å². The van der Waals surface area contributed by atoms with Crippen LogP contribution in [0.25, 0.3) is 10.8 Å². The van der Waals surface area contributed by atoms with Crippen LogP contribution in [0.1, 0.15) is 36.8 Å². The molecule has 0 spiro atoms. The van der Waals surface area contributed by atoms with Gasteiger partial charge in [-0.1, -0.05) is 13.8 Å². The van der Waals surface area contributed by atoms with Crippen molar-refractivity contribution in [1.82, 2.24) is 9.97 Å². The van der Waals surface area contributed by atoms with Gasteiger partial charge in [-0.15, -0.1) is 0 Å². The molecule has 0 aliphatic rings. The minimum absolute atomic E-state index is 0.352. The molecule has 2 heterocycles. The summed E-state index contributed by atoms with van der Waals surface area (Å²) in [6.07, 6.45) is 6.23. The number of carbonyl (C=O) groups excluding carboxylic acids is 1. The normalized spacial score (nSPS) is 10.9. The molecule has 2 aromatic heterocycles. The molecule has 2 rings (SSSR count). The van der Waals surface area contributed by atoms with Crippen molar-refractivity contribution in [3.8, 4) is 0 Å². The van der Waals surface area contributed by atoms with Gasteiger partial charge >= 0.3 is 5.97 Å². The zero-order valence-electron chi connectivity index (χ0n) is 11.5. The van der Waals surface area contributed by atoms with Gasteiger partial charge in [0.1, 0.15) is 5.69 Å². The number of hydrogen-bond acceptors (Lipinski definition) is 4. The maximum atomic E-state index is 11.7. The van der Waals surface area contributed by atoms with Crippen LogP contribution in [0, 0.1) is 5.92 Å². The third-order valence-electron chi connectivity index (χ3n) is 2.84. The fourth-order valence-electron chi connectivity index (χ4n) is 2.04. The predicted octanol–water partition coefficient (Wildman–Crippen LogP) is 3.01. The quantitative estimate of drug-likeness (QED) is 0.791. The molecular weight excluding hydrogens is 240 g/mol. The molecule has 2 aromatic rings. The first-order valence-corrected chi connectivity index (χ1v) is 6.51. The monoisotopic (exact) mass is 258 g/mol. The van der Waals surface area contributed by atoms with Crippen LogP contribution in [0.4, 0.5) is 0 Å². The smallest absolute Gasteiger partial charge is 0.356 e. The number of nitrogens with zero attached hydrogens (tertiary/aromatic N) is 2. The van der Waals surface area contributed by atoms with Crippen molar-refractivity contribution in [3.63, 3.8) is 0 Å². The van der Waals surface area contributed by atoms with Crippen molar-refractivity contribution < 1.29 is 9.53 Å². The van der Waals surface area contributed by atoms with Gasteiger partial charge < -0.3 is 4.74 Å². The van der Waals surface area contributed by atoms with Crippen LogP contribution in [0.5, 0.6) is 0 Å². The summed E-state index contributed by atoms with van der Waals surface area (Å²) in [6.45, 7) is 6.46. The van der Waals surface area contributed by atoms with Gasteiger partial charge in [-0.25, -0.2) is 9.78 Å². The second-order valence-corrected chi connectivity index (χ2v) is 4.91. The zero-order chi connectivity index (χ0) is 13.8. The first-order chi connectivity index (χ1) is 9.11. The molecule has 0 atom stereocenters. The van der Waals surface area contributed by atoms with E-state index in [1.54, 1.807) is 25.4 Å². The largest absolute Gasteiger partial charge is 0.461 e. The Bertz CT molecular complexity index is 594. The molecule has 4 nitrogen and oxygen atoms in total. The summed E-state index contributed by atoms with van der Waals surface area (Å²) in [7, 11) is 0.